The van der Waals surface area contributed by atoms with E-state index in [1.807, 2.05) is 0 Å². The molecule has 0 saturated heterocycles. The number of unbranched alkanes of at least 4 members (excludes halogenated alkanes) is 7. The monoisotopic (exact) mass is 359 g/mol. The summed E-state index contributed by atoms with van der Waals surface area (Å²) in [6.07, 6.45) is 10.0. The normalized spacial score (nSPS) is 10.6. The van der Waals surface area contributed by atoms with E-state index in [1.165, 1.54) is 38.5 Å². The first-order valence-corrected chi connectivity index (χ1v) is 9.23. The molecule has 0 saturated carbocycles. The topological polar surface area (TPSA) is 38.3 Å². The molecule has 0 unspecified atom stereocenters. The lowest BCUT2D eigenvalue weighted by molar-refractivity contribution is -0.123. The molecule has 0 aliphatic rings. The van der Waals surface area contributed by atoms with Crippen molar-refractivity contribution in [3.63, 3.8) is 0 Å². The smallest absolute Gasteiger partial charge is 0.257 e. The fourth-order valence-corrected chi connectivity index (χ4v) is 2.74. The van der Waals surface area contributed by atoms with Crippen molar-refractivity contribution >= 4 is 29.1 Å². The van der Waals surface area contributed by atoms with Gasteiger partial charge in [-0.05, 0) is 24.6 Å². The van der Waals surface area contributed by atoms with Crippen molar-refractivity contribution < 1.29 is 9.53 Å². The van der Waals surface area contributed by atoms with Crippen LogP contribution in [0.4, 0.5) is 0 Å². The molecule has 0 aromatic heterocycles. The molecule has 1 amide bonds. The van der Waals surface area contributed by atoms with Crippen molar-refractivity contribution in [3.05, 3.63) is 28.2 Å². The zero-order valence-electron chi connectivity index (χ0n) is 13.9. The SMILES string of the molecule is CCCCCCCCCCNC(=O)COc1ccc(Cl)cc1Cl. The number of rotatable bonds is 12. The van der Waals surface area contributed by atoms with E-state index in [0.717, 1.165) is 12.8 Å². The average molecular weight is 360 g/mol. The Morgan fingerprint density at radius 1 is 1.04 bits per heavy atom. The van der Waals surface area contributed by atoms with Crippen LogP contribution in [0.25, 0.3) is 0 Å². The third kappa shape index (κ3) is 9.72. The predicted octanol–water partition coefficient (Wildman–Crippen LogP) is 5.63. The maximum absolute atomic E-state index is 11.7. The van der Waals surface area contributed by atoms with E-state index < -0.39 is 0 Å². The lowest BCUT2D eigenvalue weighted by Gasteiger charge is -2.09. The number of hydrogen-bond donors (Lipinski definition) is 1. The number of halogens is 2. The zero-order chi connectivity index (χ0) is 16.9. The van der Waals surface area contributed by atoms with Crippen LogP contribution in [0.5, 0.6) is 5.75 Å². The lowest BCUT2D eigenvalue weighted by Crippen LogP contribution is -2.29. The van der Waals surface area contributed by atoms with E-state index in [1.54, 1.807) is 18.2 Å². The fraction of sp³-hybridized carbons (Fsp3) is 0.611. The summed E-state index contributed by atoms with van der Waals surface area (Å²) in [6, 6.07) is 4.94. The van der Waals surface area contributed by atoms with Crippen LogP contribution in [0.1, 0.15) is 58.3 Å². The van der Waals surface area contributed by atoms with E-state index in [4.69, 9.17) is 27.9 Å². The fourth-order valence-electron chi connectivity index (χ4n) is 2.27. The highest BCUT2D eigenvalue weighted by Gasteiger charge is 2.06. The van der Waals surface area contributed by atoms with E-state index in [-0.39, 0.29) is 12.5 Å². The Labute approximate surface area is 149 Å². The molecule has 5 heteroatoms. The van der Waals surface area contributed by atoms with Gasteiger partial charge in [-0.1, -0.05) is 75.1 Å². The Morgan fingerprint density at radius 3 is 2.35 bits per heavy atom. The highest BCUT2D eigenvalue weighted by Crippen LogP contribution is 2.27. The molecule has 0 atom stereocenters. The summed E-state index contributed by atoms with van der Waals surface area (Å²) in [5.41, 5.74) is 0. The number of carbonyl (C=O) groups is 1. The van der Waals surface area contributed by atoms with Crippen molar-refractivity contribution in [2.24, 2.45) is 0 Å². The molecule has 1 rings (SSSR count). The van der Waals surface area contributed by atoms with Crippen molar-refractivity contribution in [2.45, 2.75) is 58.3 Å². The van der Waals surface area contributed by atoms with Gasteiger partial charge in [0.2, 0.25) is 0 Å². The zero-order valence-corrected chi connectivity index (χ0v) is 15.4. The largest absolute Gasteiger partial charge is 0.482 e. The molecule has 23 heavy (non-hydrogen) atoms. The third-order valence-electron chi connectivity index (χ3n) is 3.61. The second-order valence-corrected chi connectivity index (χ2v) is 6.53. The Morgan fingerprint density at radius 2 is 1.70 bits per heavy atom. The summed E-state index contributed by atoms with van der Waals surface area (Å²) in [4.78, 5) is 11.7. The van der Waals surface area contributed by atoms with Crippen LogP contribution in [0.2, 0.25) is 10.0 Å². The number of nitrogens with one attached hydrogen (secondary N) is 1. The lowest BCUT2D eigenvalue weighted by atomic mass is 10.1. The van der Waals surface area contributed by atoms with Crippen molar-refractivity contribution in [3.8, 4) is 5.75 Å². The molecule has 1 N–H and O–H groups in total. The minimum atomic E-state index is -0.126. The molecule has 0 fully saturated rings. The molecule has 0 spiro atoms. The van der Waals surface area contributed by atoms with Gasteiger partial charge >= 0.3 is 0 Å². The van der Waals surface area contributed by atoms with Crippen LogP contribution in [-0.2, 0) is 4.79 Å². The number of hydrogen-bond acceptors (Lipinski definition) is 2. The van der Waals surface area contributed by atoms with Gasteiger partial charge < -0.3 is 10.1 Å². The van der Waals surface area contributed by atoms with E-state index in [0.29, 0.717) is 22.3 Å². The first-order chi connectivity index (χ1) is 11.1. The van der Waals surface area contributed by atoms with Gasteiger partial charge in [0.05, 0.1) is 5.02 Å². The first-order valence-electron chi connectivity index (χ1n) is 8.48. The third-order valence-corrected chi connectivity index (χ3v) is 4.14. The Kier molecular flexibility index (Phi) is 10.9. The quantitative estimate of drug-likeness (QED) is 0.491. The van der Waals surface area contributed by atoms with Gasteiger partial charge in [0, 0.05) is 11.6 Å². The molecule has 0 aliphatic heterocycles. The first kappa shape index (κ1) is 20.1. The van der Waals surface area contributed by atoms with Crippen LogP contribution >= 0.6 is 23.2 Å². The molecule has 0 aliphatic carbocycles. The van der Waals surface area contributed by atoms with Crippen LogP contribution in [-0.4, -0.2) is 19.1 Å². The minimum absolute atomic E-state index is 0.0294. The van der Waals surface area contributed by atoms with Gasteiger partial charge in [-0.3, -0.25) is 4.79 Å². The van der Waals surface area contributed by atoms with Crippen LogP contribution in [0.15, 0.2) is 18.2 Å². The van der Waals surface area contributed by atoms with Crippen molar-refractivity contribution in [1.82, 2.24) is 5.32 Å². The molecule has 1 aromatic carbocycles. The highest BCUT2D eigenvalue weighted by molar-refractivity contribution is 6.35. The van der Waals surface area contributed by atoms with E-state index in [2.05, 4.69) is 12.2 Å². The van der Waals surface area contributed by atoms with Gasteiger partial charge in [0.1, 0.15) is 5.75 Å². The molecule has 0 heterocycles. The van der Waals surface area contributed by atoms with Gasteiger partial charge in [0.15, 0.2) is 6.61 Å². The number of ether oxygens (including phenoxy) is 1. The van der Waals surface area contributed by atoms with Gasteiger partial charge in [-0.15, -0.1) is 0 Å². The Hall–Kier alpha value is -0.930. The minimum Gasteiger partial charge on any atom is -0.482 e. The van der Waals surface area contributed by atoms with Crippen LogP contribution in [0.3, 0.4) is 0 Å². The van der Waals surface area contributed by atoms with Crippen LogP contribution in [0, 0.1) is 0 Å². The summed E-state index contributed by atoms with van der Waals surface area (Å²) in [5.74, 6) is 0.345. The molecular weight excluding hydrogens is 333 g/mol. The number of benzene rings is 1. The molecule has 3 nitrogen and oxygen atoms in total. The van der Waals surface area contributed by atoms with E-state index >= 15 is 0 Å². The maximum Gasteiger partial charge on any atom is 0.257 e. The van der Waals surface area contributed by atoms with Gasteiger partial charge in [-0.25, -0.2) is 0 Å². The summed E-state index contributed by atoms with van der Waals surface area (Å²) in [5, 5.41) is 3.82. The van der Waals surface area contributed by atoms with Gasteiger partial charge in [0.25, 0.3) is 5.91 Å². The summed E-state index contributed by atoms with van der Waals surface area (Å²) >= 11 is 11.8. The molecule has 0 bridgehead atoms. The summed E-state index contributed by atoms with van der Waals surface area (Å²) in [6.45, 7) is 2.90. The van der Waals surface area contributed by atoms with Crippen molar-refractivity contribution in [1.29, 1.82) is 0 Å². The number of carbonyl (C=O) groups excluding carboxylic acids is 1. The second kappa shape index (κ2) is 12.5. The Bertz CT molecular complexity index is 466. The number of amides is 1. The van der Waals surface area contributed by atoms with Crippen molar-refractivity contribution in [2.75, 3.05) is 13.2 Å². The molecule has 0 radical (unpaired) electrons. The van der Waals surface area contributed by atoms with Crippen LogP contribution < -0.4 is 10.1 Å². The Balaban J connectivity index is 2.02. The summed E-state index contributed by atoms with van der Waals surface area (Å²) in [7, 11) is 0. The highest BCUT2D eigenvalue weighted by atomic mass is 35.5. The summed E-state index contributed by atoms with van der Waals surface area (Å²) < 4.78 is 5.38. The van der Waals surface area contributed by atoms with E-state index in [9.17, 15) is 4.79 Å². The second-order valence-electron chi connectivity index (χ2n) is 5.69. The standard InChI is InChI=1S/C18H27Cl2NO2/c1-2-3-4-5-6-7-8-9-12-21-18(22)14-23-17-11-10-15(19)13-16(17)20/h10-11,13H,2-9,12,14H2,1H3,(H,21,22). The average Bonchev–Trinajstić information content (AvgIpc) is 2.52. The van der Waals surface area contributed by atoms with Gasteiger partial charge in [-0.2, -0.15) is 0 Å². The molecule has 1 aromatic rings. The molecule has 130 valence electrons. The maximum atomic E-state index is 11.7. The predicted molar refractivity (Wildman–Crippen MR) is 97.6 cm³/mol. The molecular formula is C18H27Cl2NO2.